The summed E-state index contributed by atoms with van der Waals surface area (Å²) < 4.78 is 6.89. The molecule has 52 heavy (non-hydrogen) atoms. The number of hydrogen-bond donors (Lipinski definition) is 1. The molecule has 0 spiro atoms. The molecule has 0 radical (unpaired) electrons. The molecule has 1 saturated heterocycles. The summed E-state index contributed by atoms with van der Waals surface area (Å²) in [7, 11) is 0. The molecule has 3 heterocycles. The standard InChI is InChI=1S/C47H70N4O/c1-31(2)8-6-9-32(3)41-15-16-42-40-14-13-35-27-38(17-21-46(35,4)43(40)18-22-47(41,42)5)52-39-20-24-50-44(29-39)33-11-12-34(26-33)45-10-7-25-51(45)30-37-28-36(48)19-23-49-37/h19-20,23-24,26,28-29,31-32,34-35,38,40-43,45H,6-18,21-22,25,27,30H2,1-5H3,(H2,48,49)/t32-,34-,35?,38?,40?,41-,42+,43+,45?,46?,47?/m1/s1. The van der Waals surface area contributed by atoms with Gasteiger partial charge in [0.25, 0.3) is 0 Å². The Labute approximate surface area is 316 Å². The molecule has 8 rings (SSSR count). The van der Waals surface area contributed by atoms with Crippen LogP contribution in [0.1, 0.15) is 149 Å². The fraction of sp³-hybridized carbons (Fsp3) is 0.745. The van der Waals surface area contributed by atoms with E-state index in [1.807, 2.05) is 24.5 Å². The molecule has 0 aromatic carbocycles. The summed E-state index contributed by atoms with van der Waals surface area (Å²) in [6, 6.07) is 8.85. The maximum absolute atomic E-state index is 6.89. The largest absolute Gasteiger partial charge is 0.490 e. The van der Waals surface area contributed by atoms with E-state index in [4.69, 9.17) is 15.5 Å². The minimum Gasteiger partial charge on any atom is -0.490 e. The first-order valence-corrected chi connectivity index (χ1v) is 21.9. The van der Waals surface area contributed by atoms with Crippen molar-refractivity contribution >= 4 is 11.3 Å². The predicted molar refractivity (Wildman–Crippen MR) is 215 cm³/mol. The molecule has 6 aliphatic rings. The van der Waals surface area contributed by atoms with E-state index in [0.717, 1.165) is 83.8 Å². The van der Waals surface area contributed by atoms with Crippen LogP contribution in [0, 0.1) is 58.2 Å². The van der Waals surface area contributed by atoms with Gasteiger partial charge in [-0.3, -0.25) is 14.9 Å². The molecule has 5 aliphatic carbocycles. The Hall–Kier alpha value is -2.40. The first-order chi connectivity index (χ1) is 25.1. The van der Waals surface area contributed by atoms with Gasteiger partial charge < -0.3 is 10.5 Å². The van der Waals surface area contributed by atoms with Crippen LogP contribution in [0.15, 0.2) is 42.7 Å². The van der Waals surface area contributed by atoms with Crippen molar-refractivity contribution in [1.29, 1.82) is 0 Å². The molecule has 5 nitrogen and oxygen atoms in total. The summed E-state index contributed by atoms with van der Waals surface area (Å²) in [6.45, 7) is 14.9. The maximum Gasteiger partial charge on any atom is 0.123 e. The maximum atomic E-state index is 6.89. The van der Waals surface area contributed by atoms with E-state index in [2.05, 4.69) is 62.7 Å². The van der Waals surface area contributed by atoms with Gasteiger partial charge in [0.05, 0.1) is 17.5 Å². The molecule has 0 bridgehead atoms. The number of likely N-dealkylation sites (tertiary alicyclic amines) is 1. The van der Waals surface area contributed by atoms with Crippen molar-refractivity contribution < 1.29 is 4.74 Å². The molecule has 2 N–H and O–H groups in total. The number of ether oxygens (including phenoxy) is 1. The fourth-order valence-corrected chi connectivity index (χ4v) is 13.8. The van der Waals surface area contributed by atoms with Crippen LogP contribution < -0.4 is 10.5 Å². The zero-order valence-electron chi connectivity index (χ0n) is 33.4. The lowest BCUT2D eigenvalue weighted by Gasteiger charge is -2.61. The molecule has 2 aromatic rings. The average Bonchev–Trinajstić information content (AvgIpc) is 3.87. The van der Waals surface area contributed by atoms with Crippen molar-refractivity contribution in [2.45, 2.75) is 156 Å². The summed E-state index contributed by atoms with van der Waals surface area (Å²) in [5.41, 5.74) is 11.6. The Bertz CT molecular complexity index is 1570. The summed E-state index contributed by atoms with van der Waals surface area (Å²) in [5, 5.41) is 0. The molecule has 284 valence electrons. The second-order valence-corrected chi connectivity index (χ2v) is 19.7. The highest BCUT2D eigenvalue weighted by Crippen LogP contribution is 2.68. The number of pyridine rings is 2. The highest BCUT2D eigenvalue weighted by atomic mass is 16.5. The van der Waals surface area contributed by atoms with Crippen LogP contribution in [0.4, 0.5) is 5.69 Å². The third-order valence-corrected chi connectivity index (χ3v) is 16.5. The van der Waals surface area contributed by atoms with Gasteiger partial charge in [-0.1, -0.05) is 60.0 Å². The van der Waals surface area contributed by atoms with Gasteiger partial charge >= 0.3 is 0 Å². The van der Waals surface area contributed by atoms with Gasteiger partial charge in [0.15, 0.2) is 0 Å². The van der Waals surface area contributed by atoms with Crippen LogP contribution in [-0.4, -0.2) is 33.6 Å². The van der Waals surface area contributed by atoms with E-state index in [-0.39, 0.29) is 0 Å². The number of nitrogen functional groups attached to an aromatic ring is 1. The third-order valence-electron chi connectivity index (χ3n) is 16.5. The van der Waals surface area contributed by atoms with Gasteiger partial charge in [0.2, 0.25) is 0 Å². The molecule has 0 amide bonds. The SMILES string of the molecule is CC(C)CCC[C@@H](C)[C@H]1CC[C@H]2C3CCC4CC(Oc5ccnc(C6=C[C@H](C7CCCN7Cc7cc(N)ccn7)CC6)c5)CCC4(C)[C@H]3CCC12C. The molecule has 1 aliphatic heterocycles. The molecular weight excluding hydrogens is 637 g/mol. The summed E-state index contributed by atoms with van der Waals surface area (Å²) in [5.74, 6) is 7.94. The number of anilines is 1. The van der Waals surface area contributed by atoms with Crippen LogP contribution >= 0.6 is 0 Å². The van der Waals surface area contributed by atoms with Gasteiger partial charge in [-0.25, -0.2) is 0 Å². The molecule has 6 unspecified atom stereocenters. The first-order valence-electron chi connectivity index (χ1n) is 21.9. The fourth-order valence-electron chi connectivity index (χ4n) is 13.8. The Kier molecular flexibility index (Phi) is 10.6. The van der Waals surface area contributed by atoms with Crippen LogP contribution in [0.2, 0.25) is 0 Å². The van der Waals surface area contributed by atoms with E-state index in [1.54, 1.807) is 0 Å². The number of hydrogen-bond acceptors (Lipinski definition) is 5. The molecule has 4 saturated carbocycles. The van der Waals surface area contributed by atoms with Gasteiger partial charge in [-0.05, 0) is 172 Å². The van der Waals surface area contributed by atoms with E-state index in [0.29, 0.717) is 28.9 Å². The van der Waals surface area contributed by atoms with E-state index in [1.165, 1.54) is 102 Å². The van der Waals surface area contributed by atoms with Crippen molar-refractivity contribution in [2.24, 2.45) is 58.2 Å². The lowest BCUT2D eigenvalue weighted by atomic mass is 9.44. The Morgan fingerprint density at radius 3 is 2.56 bits per heavy atom. The van der Waals surface area contributed by atoms with Crippen LogP contribution in [0.3, 0.4) is 0 Å². The molecule has 11 atom stereocenters. The van der Waals surface area contributed by atoms with Gasteiger partial charge in [-0.15, -0.1) is 0 Å². The third kappa shape index (κ3) is 7.11. The van der Waals surface area contributed by atoms with Gasteiger partial charge in [-0.2, -0.15) is 0 Å². The second-order valence-electron chi connectivity index (χ2n) is 19.7. The van der Waals surface area contributed by atoms with E-state index < -0.39 is 0 Å². The zero-order chi connectivity index (χ0) is 36.0. The number of aromatic nitrogens is 2. The molecule has 5 fully saturated rings. The number of fused-ring (bicyclic) bond motifs is 5. The highest BCUT2D eigenvalue weighted by Gasteiger charge is 2.60. The lowest BCUT2D eigenvalue weighted by Crippen LogP contribution is -2.54. The summed E-state index contributed by atoms with van der Waals surface area (Å²) >= 11 is 0. The highest BCUT2D eigenvalue weighted by molar-refractivity contribution is 5.66. The van der Waals surface area contributed by atoms with Gasteiger partial charge in [0.1, 0.15) is 5.75 Å². The number of rotatable bonds is 11. The normalized spacial score (nSPS) is 38.1. The van der Waals surface area contributed by atoms with Crippen LogP contribution in [-0.2, 0) is 6.54 Å². The second kappa shape index (κ2) is 15.0. The van der Waals surface area contributed by atoms with Crippen molar-refractivity contribution in [3.8, 4) is 5.75 Å². The molecular formula is C47H70N4O. The quantitative estimate of drug-likeness (QED) is 0.252. The topological polar surface area (TPSA) is 64.3 Å². The Morgan fingerprint density at radius 1 is 0.885 bits per heavy atom. The minimum absolute atomic E-state index is 0.333. The number of allylic oxidation sites excluding steroid dienone is 1. The average molecular weight is 707 g/mol. The van der Waals surface area contributed by atoms with Gasteiger partial charge in [0, 0.05) is 36.7 Å². The monoisotopic (exact) mass is 707 g/mol. The van der Waals surface area contributed by atoms with Crippen LogP contribution in [0.5, 0.6) is 5.75 Å². The Morgan fingerprint density at radius 2 is 1.71 bits per heavy atom. The first kappa shape index (κ1) is 36.6. The zero-order valence-corrected chi connectivity index (χ0v) is 33.4. The minimum atomic E-state index is 0.333. The summed E-state index contributed by atoms with van der Waals surface area (Å²) in [6.07, 6.45) is 28.4. The Balaban J connectivity index is 0.876. The van der Waals surface area contributed by atoms with E-state index >= 15 is 0 Å². The number of nitrogens with zero attached hydrogens (tertiary/aromatic N) is 3. The smallest absolute Gasteiger partial charge is 0.123 e. The van der Waals surface area contributed by atoms with E-state index in [9.17, 15) is 0 Å². The van der Waals surface area contributed by atoms with Crippen molar-refractivity contribution in [3.63, 3.8) is 0 Å². The summed E-state index contributed by atoms with van der Waals surface area (Å²) in [4.78, 5) is 12.1. The molecule has 2 aromatic heterocycles. The predicted octanol–water partition coefficient (Wildman–Crippen LogP) is 11.4. The lowest BCUT2D eigenvalue weighted by molar-refractivity contribution is -0.126. The van der Waals surface area contributed by atoms with Crippen molar-refractivity contribution in [2.75, 3.05) is 12.3 Å². The molecule has 5 heteroatoms. The van der Waals surface area contributed by atoms with Crippen LogP contribution in [0.25, 0.3) is 5.57 Å². The van der Waals surface area contributed by atoms with Crippen molar-refractivity contribution in [3.05, 3.63) is 54.1 Å². The van der Waals surface area contributed by atoms with Crippen molar-refractivity contribution in [1.82, 2.24) is 14.9 Å². The number of nitrogens with two attached hydrogens (primary N) is 1.